The van der Waals surface area contributed by atoms with Gasteiger partial charge in [-0.2, -0.15) is 0 Å². The van der Waals surface area contributed by atoms with E-state index in [0.717, 1.165) is 0 Å². The Labute approximate surface area is 141 Å². The lowest BCUT2D eigenvalue weighted by molar-refractivity contribution is 0.624. The summed E-state index contributed by atoms with van der Waals surface area (Å²) in [7, 11) is 0. The minimum absolute atomic E-state index is 0.576. The van der Waals surface area contributed by atoms with Crippen LogP contribution in [0.1, 0.15) is 40.7 Å². The average Bonchev–Trinajstić information content (AvgIpc) is 2.62. The average molecular weight is 314 g/mol. The highest BCUT2D eigenvalue weighted by Crippen LogP contribution is 2.51. The Morgan fingerprint density at radius 1 is 0.826 bits per heavy atom. The second-order valence-corrected chi connectivity index (χ2v) is 7.75. The van der Waals surface area contributed by atoms with Gasteiger partial charge in [-0.3, -0.25) is 0 Å². The predicted molar refractivity (Wildman–Crippen MR) is 100.0 cm³/mol. The van der Waals surface area contributed by atoms with E-state index in [4.69, 9.17) is 0 Å². The molecule has 0 heterocycles. The van der Waals surface area contributed by atoms with E-state index >= 15 is 0 Å². The molecule has 0 saturated carbocycles. The molecular weight excluding hydrogens is 296 g/mol. The molecule has 0 spiro atoms. The summed E-state index contributed by atoms with van der Waals surface area (Å²) >= 11 is 2.02. The Balaban J connectivity index is 1.66. The van der Waals surface area contributed by atoms with Crippen molar-refractivity contribution in [2.75, 3.05) is 0 Å². The molecule has 0 N–H and O–H groups in total. The van der Waals surface area contributed by atoms with Crippen LogP contribution in [0.25, 0.3) is 16.8 Å². The van der Waals surface area contributed by atoms with Gasteiger partial charge in [-0.05, 0) is 52.4 Å². The largest absolute Gasteiger partial charge is 0.118 e. The van der Waals surface area contributed by atoms with E-state index in [1.54, 1.807) is 11.1 Å². The van der Waals surface area contributed by atoms with E-state index in [1.165, 1.54) is 34.1 Å². The molecule has 3 aromatic carbocycles. The van der Waals surface area contributed by atoms with E-state index in [1.807, 2.05) is 11.8 Å². The Bertz CT molecular complexity index is 908. The minimum Gasteiger partial charge on any atom is -0.118 e. The minimum atomic E-state index is 0.576. The number of allylic oxidation sites excluding steroid dienone is 1. The molecule has 0 amide bonds. The zero-order chi connectivity index (χ0) is 15.2. The molecule has 0 nitrogen and oxygen atoms in total. The normalized spacial score (nSPS) is 21.6. The van der Waals surface area contributed by atoms with Gasteiger partial charge in [0.25, 0.3) is 0 Å². The summed E-state index contributed by atoms with van der Waals surface area (Å²) in [5.41, 5.74) is 4.54. The van der Waals surface area contributed by atoms with Crippen molar-refractivity contribution in [3.05, 3.63) is 83.4 Å². The van der Waals surface area contributed by atoms with Crippen LogP contribution < -0.4 is 0 Å². The maximum absolute atomic E-state index is 2.42. The predicted octanol–water partition coefficient (Wildman–Crippen LogP) is 6.58. The standard InChI is InChI=1S/C22H18S/c1-2-7-18(8-3-1)23-20-14-12-17-10-9-15-5-4-6-16-11-13-19(20)22(17)21(15)16/h1-11,13,17,20H,12,14H2. The van der Waals surface area contributed by atoms with E-state index < -0.39 is 0 Å². The van der Waals surface area contributed by atoms with Crippen molar-refractivity contribution in [3.63, 3.8) is 0 Å². The van der Waals surface area contributed by atoms with Crippen molar-refractivity contribution < 1.29 is 0 Å². The number of hydrogen-bond acceptors (Lipinski definition) is 1. The second kappa shape index (κ2) is 5.28. The molecule has 112 valence electrons. The molecule has 5 rings (SSSR count). The van der Waals surface area contributed by atoms with Crippen LogP contribution >= 0.6 is 11.8 Å². The molecule has 2 aliphatic carbocycles. The zero-order valence-corrected chi connectivity index (χ0v) is 13.7. The van der Waals surface area contributed by atoms with Crippen molar-refractivity contribution in [2.45, 2.75) is 28.9 Å². The lowest BCUT2D eigenvalue weighted by Gasteiger charge is -2.33. The van der Waals surface area contributed by atoms with E-state index in [0.29, 0.717) is 11.2 Å². The Morgan fingerprint density at radius 2 is 1.74 bits per heavy atom. The summed E-state index contributed by atoms with van der Waals surface area (Å²) < 4.78 is 0. The van der Waals surface area contributed by atoms with Gasteiger partial charge in [-0.25, -0.2) is 0 Å². The van der Waals surface area contributed by atoms with Gasteiger partial charge in [-0.1, -0.05) is 60.7 Å². The highest BCUT2D eigenvalue weighted by Gasteiger charge is 2.30. The molecular formula is C22H18S. The van der Waals surface area contributed by atoms with Crippen LogP contribution in [-0.4, -0.2) is 0 Å². The van der Waals surface area contributed by atoms with Crippen LogP contribution in [0.2, 0.25) is 0 Å². The maximum atomic E-state index is 2.42. The fourth-order valence-electron chi connectivity index (χ4n) is 4.10. The smallest absolute Gasteiger partial charge is 0.0348 e. The fourth-order valence-corrected chi connectivity index (χ4v) is 5.33. The van der Waals surface area contributed by atoms with Gasteiger partial charge in [-0.15, -0.1) is 11.8 Å². The van der Waals surface area contributed by atoms with Gasteiger partial charge in [0.05, 0.1) is 0 Å². The summed E-state index contributed by atoms with van der Waals surface area (Å²) in [5.74, 6) is 0.608. The first-order chi connectivity index (χ1) is 11.4. The third kappa shape index (κ3) is 2.14. The fraction of sp³-hybridized carbons (Fsp3) is 0.182. The van der Waals surface area contributed by atoms with Crippen LogP contribution in [0.15, 0.2) is 71.6 Å². The molecule has 0 saturated heterocycles. The number of benzene rings is 3. The molecule has 0 aromatic heterocycles. The SMILES string of the molecule is C1=CC2CCC(Sc3ccccc3)c3ccc4cccc1c4c32. The summed E-state index contributed by atoms with van der Waals surface area (Å²) in [6, 6.07) is 22.2. The van der Waals surface area contributed by atoms with Gasteiger partial charge >= 0.3 is 0 Å². The molecule has 3 aromatic rings. The lowest BCUT2D eigenvalue weighted by Crippen LogP contribution is -2.14. The maximum Gasteiger partial charge on any atom is 0.0348 e. The zero-order valence-electron chi connectivity index (χ0n) is 12.9. The topological polar surface area (TPSA) is 0 Å². The van der Waals surface area contributed by atoms with Crippen molar-refractivity contribution in [1.29, 1.82) is 0 Å². The Kier molecular flexibility index (Phi) is 3.09. The van der Waals surface area contributed by atoms with Gasteiger partial charge in [0, 0.05) is 16.1 Å². The Morgan fingerprint density at radius 3 is 2.65 bits per heavy atom. The quantitative estimate of drug-likeness (QED) is 0.515. The highest BCUT2D eigenvalue weighted by atomic mass is 32.2. The summed E-state index contributed by atoms with van der Waals surface area (Å²) in [4.78, 5) is 1.38. The van der Waals surface area contributed by atoms with Gasteiger partial charge in [0.2, 0.25) is 0 Å². The number of thioether (sulfide) groups is 1. The van der Waals surface area contributed by atoms with E-state index in [2.05, 4.69) is 72.8 Å². The monoisotopic (exact) mass is 314 g/mol. The highest BCUT2D eigenvalue weighted by molar-refractivity contribution is 7.99. The molecule has 23 heavy (non-hydrogen) atoms. The first kappa shape index (κ1) is 13.4. The number of rotatable bonds is 2. The first-order valence-electron chi connectivity index (χ1n) is 8.35. The summed E-state index contributed by atoms with van der Waals surface area (Å²) in [5, 5.41) is 3.46. The number of hydrogen-bond donors (Lipinski definition) is 0. The van der Waals surface area contributed by atoms with Gasteiger partial charge in [0.1, 0.15) is 0 Å². The lowest BCUT2D eigenvalue weighted by atomic mass is 9.76. The van der Waals surface area contributed by atoms with Crippen molar-refractivity contribution >= 4 is 28.6 Å². The molecule has 2 unspecified atom stereocenters. The summed E-state index contributed by atoms with van der Waals surface area (Å²) in [6.45, 7) is 0. The Hall–Kier alpha value is -1.99. The van der Waals surface area contributed by atoms with Crippen molar-refractivity contribution in [2.24, 2.45) is 0 Å². The molecule has 2 aliphatic rings. The van der Waals surface area contributed by atoms with Crippen molar-refractivity contribution in [3.8, 4) is 0 Å². The van der Waals surface area contributed by atoms with Crippen LogP contribution in [0.3, 0.4) is 0 Å². The molecule has 0 bridgehead atoms. The molecule has 2 atom stereocenters. The van der Waals surface area contributed by atoms with Crippen molar-refractivity contribution in [1.82, 2.24) is 0 Å². The van der Waals surface area contributed by atoms with Crippen LogP contribution in [0.5, 0.6) is 0 Å². The third-order valence-electron chi connectivity index (χ3n) is 5.14. The molecule has 1 heteroatoms. The van der Waals surface area contributed by atoms with E-state index in [9.17, 15) is 0 Å². The van der Waals surface area contributed by atoms with E-state index in [-0.39, 0.29) is 0 Å². The molecule has 0 aliphatic heterocycles. The first-order valence-corrected chi connectivity index (χ1v) is 9.23. The molecule has 0 fully saturated rings. The van der Waals surface area contributed by atoms with Crippen LogP contribution in [0, 0.1) is 0 Å². The van der Waals surface area contributed by atoms with Gasteiger partial charge in [0.15, 0.2) is 0 Å². The second-order valence-electron chi connectivity index (χ2n) is 6.48. The third-order valence-corrected chi connectivity index (χ3v) is 6.46. The molecule has 0 radical (unpaired) electrons. The van der Waals surface area contributed by atoms with Crippen LogP contribution in [0.4, 0.5) is 0 Å². The van der Waals surface area contributed by atoms with Gasteiger partial charge < -0.3 is 0 Å². The summed E-state index contributed by atoms with van der Waals surface area (Å²) in [6.07, 6.45) is 7.27. The van der Waals surface area contributed by atoms with Crippen LogP contribution in [-0.2, 0) is 0 Å².